The number of anilines is 2. The fourth-order valence-corrected chi connectivity index (χ4v) is 3.30. The van der Waals surface area contributed by atoms with Gasteiger partial charge in [-0.05, 0) is 70.4 Å². The Bertz CT molecular complexity index is 933. The zero-order valence-corrected chi connectivity index (χ0v) is 14.8. The van der Waals surface area contributed by atoms with Gasteiger partial charge in [0.25, 0.3) is 5.91 Å². The lowest BCUT2D eigenvalue weighted by Gasteiger charge is -2.16. The molecule has 0 aliphatic carbocycles. The lowest BCUT2D eigenvalue weighted by molar-refractivity contribution is -0.121. The Kier molecular flexibility index (Phi) is 3.76. The van der Waals surface area contributed by atoms with E-state index in [0.29, 0.717) is 5.69 Å². The third-order valence-electron chi connectivity index (χ3n) is 4.13. The van der Waals surface area contributed by atoms with Gasteiger partial charge in [-0.3, -0.25) is 9.59 Å². The molecule has 0 spiro atoms. The van der Waals surface area contributed by atoms with Crippen LogP contribution in [0.4, 0.5) is 11.4 Å². The summed E-state index contributed by atoms with van der Waals surface area (Å²) in [6.45, 7) is 0. The molecule has 1 fully saturated rings. The Balaban J connectivity index is 1.57. The van der Waals surface area contributed by atoms with Crippen LogP contribution in [0.25, 0.3) is 10.9 Å². The highest BCUT2D eigenvalue weighted by atomic mass is 127. The molecular weight excluding hydrogens is 417 g/mol. The third-order valence-corrected chi connectivity index (χ3v) is 4.85. The van der Waals surface area contributed by atoms with Crippen molar-refractivity contribution in [1.82, 2.24) is 4.98 Å². The molecule has 0 bridgehead atoms. The van der Waals surface area contributed by atoms with Crippen molar-refractivity contribution < 1.29 is 9.59 Å². The number of imide groups is 1. The van der Waals surface area contributed by atoms with Gasteiger partial charge in [0, 0.05) is 21.0 Å². The fraction of sp³-hybridized carbons (Fsp3) is 0.111. The SMILES string of the molecule is O=C1C[C@@H](Nc2ccc3cc[nH]c3c2)C(=O)N1c1ccc(I)cc1. The zero-order valence-electron chi connectivity index (χ0n) is 12.6. The van der Waals surface area contributed by atoms with E-state index in [1.165, 1.54) is 4.90 Å². The molecule has 24 heavy (non-hydrogen) atoms. The normalized spacial score (nSPS) is 17.7. The topological polar surface area (TPSA) is 65.2 Å². The molecule has 1 saturated heterocycles. The highest BCUT2D eigenvalue weighted by Gasteiger charge is 2.39. The second kappa shape index (κ2) is 5.94. The number of carbonyl (C=O) groups excluding carboxylic acids is 2. The molecule has 1 atom stereocenters. The van der Waals surface area contributed by atoms with Crippen molar-refractivity contribution in [2.24, 2.45) is 0 Å². The Morgan fingerprint density at radius 3 is 2.67 bits per heavy atom. The Morgan fingerprint density at radius 1 is 1.08 bits per heavy atom. The molecule has 6 heteroatoms. The molecule has 0 radical (unpaired) electrons. The first-order valence-electron chi connectivity index (χ1n) is 7.58. The van der Waals surface area contributed by atoms with Crippen LogP contribution in [0.5, 0.6) is 0 Å². The van der Waals surface area contributed by atoms with E-state index < -0.39 is 6.04 Å². The predicted molar refractivity (Wildman–Crippen MR) is 102 cm³/mol. The van der Waals surface area contributed by atoms with E-state index in [2.05, 4.69) is 32.9 Å². The van der Waals surface area contributed by atoms with Gasteiger partial charge in [-0.1, -0.05) is 6.07 Å². The van der Waals surface area contributed by atoms with Gasteiger partial charge in [0.1, 0.15) is 6.04 Å². The number of nitrogens with zero attached hydrogens (tertiary/aromatic N) is 1. The number of hydrogen-bond acceptors (Lipinski definition) is 3. The van der Waals surface area contributed by atoms with E-state index in [1.807, 2.05) is 42.6 Å². The number of halogens is 1. The summed E-state index contributed by atoms with van der Waals surface area (Å²) in [6, 6.07) is 14.7. The van der Waals surface area contributed by atoms with Crippen molar-refractivity contribution in [3.8, 4) is 0 Å². The van der Waals surface area contributed by atoms with Gasteiger partial charge >= 0.3 is 0 Å². The van der Waals surface area contributed by atoms with E-state index >= 15 is 0 Å². The average Bonchev–Trinajstić information content (AvgIpc) is 3.13. The zero-order chi connectivity index (χ0) is 16.7. The minimum absolute atomic E-state index is 0.160. The summed E-state index contributed by atoms with van der Waals surface area (Å²) in [5, 5.41) is 4.29. The number of hydrogen-bond donors (Lipinski definition) is 2. The summed E-state index contributed by atoms with van der Waals surface area (Å²) in [6.07, 6.45) is 2.03. The average molecular weight is 431 g/mol. The van der Waals surface area contributed by atoms with E-state index in [1.54, 1.807) is 12.1 Å². The minimum atomic E-state index is -0.538. The fourth-order valence-electron chi connectivity index (χ4n) is 2.94. The van der Waals surface area contributed by atoms with Crippen LogP contribution in [-0.2, 0) is 9.59 Å². The molecule has 1 aromatic heterocycles. The number of amides is 2. The smallest absolute Gasteiger partial charge is 0.256 e. The van der Waals surface area contributed by atoms with Gasteiger partial charge in [-0.15, -0.1) is 0 Å². The van der Waals surface area contributed by atoms with Crippen molar-refractivity contribution in [1.29, 1.82) is 0 Å². The van der Waals surface area contributed by atoms with Crippen LogP contribution in [0.3, 0.4) is 0 Å². The first-order chi connectivity index (χ1) is 11.6. The van der Waals surface area contributed by atoms with Crippen molar-refractivity contribution >= 4 is 56.7 Å². The quantitative estimate of drug-likeness (QED) is 0.493. The molecule has 4 rings (SSSR count). The predicted octanol–water partition coefficient (Wildman–Crippen LogP) is 3.52. The number of aromatic nitrogens is 1. The summed E-state index contributed by atoms with van der Waals surface area (Å²) in [5.74, 6) is -0.396. The minimum Gasteiger partial charge on any atom is -0.373 e. The van der Waals surface area contributed by atoms with Crippen LogP contribution in [0.2, 0.25) is 0 Å². The number of fused-ring (bicyclic) bond motifs is 1. The van der Waals surface area contributed by atoms with Crippen molar-refractivity contribution in [3.05, 3.63) is 58.3 Å². The molecular formula is C18H14IN3O2. The van der Waals surface area contributed by atoms with Crippen molar-refractivity contribution in [3.63, 3.8) is 0 Å². The molecule has 1 aliphatic rings. The van der Waals surface area contributed by atoms with Crippen molar-refractivity contribution in [2.75, 3.05) is 10.2 Å². The number of rotatable bonds is 3. The maximum atomic E-state index is 12.7. The highest BCUT2D eigenvalue weighted by molar-refractivity contribution is 14.1. The van der Waals surface area contributed by atoms with Gasteiger partial charge < -0.3 is 10.3 Å². The monoisotopic (exact) mass is 431 g/mol. The third kappa shape index (κ3) is 2.66. The first kappa shape index (κ1) is 15.2. The number of aromatic amines is 1. The van der Waals surface area contributed by atoms with Gasteiger partial charge in [0.05, 0.1) is 12.1 Å². The van der Waals surface area contributed by atoms with E-state index in [9.17, 15) is 9.59 Å². The van der Waals surface area contributed by atoms with E-state index in [-0.39, 0.29) is 18.2 Å². The van der Waals surface area contributed by atoms with Crippen LogP contribution in [0, 0.1) is 3.57 Å². The van der Waals surface area contributed by atoms with Gasteiger partial charge in [0.15, 0.2) is 0 Å². The summed E-state index contributed by atoms with van der Waals surface area (Å²) < 4.78 is 1.06. The summed E-state index contributed by atoms with van der Waals surface area (Å²) in [4.78, 5) is 29.4. The highest BCUT2D eigenvalue weighted by Crippen LogP contribution is 2.26. The Labute approximate surface area is 152 Å². The van der Waals surface area contributed by atoms with Crippen LogP contribution in [0.15, 0.2) is 54.7 Å². The van der Waals surface area contributed by atoms with Gasteiger partial charge in [-0.25, -0.2) is 4.90 Å². The molecule has 2 heterocycles. The van der Waals surface area contributed by atoms with E-state index in [4.69, 9.17) is 0 Å². The summed E-state index contributed by atoms with van der Waals surface area (Å²) >= 11 is 2.19. The largest absolute Gasteiger partial charge is 0.373 e. The number of benzene rings is 2. The number of nitrogens with one attached hydrogen (secondary N) is 2. The summed E-state index contributed by atoms with van der Waals surface area (Å²) in [5.41, 5.74) is 2.43. The summed E-state index contributed by atoms with van der Waals surface area (Å²) in [7, 11) is 0. The van der Waals surface area contributed by atoms with E-state index in [0.717, 1.165) is 20.2 Å². The molecule has 1 aliphatic heterocycles. The molecule has 2 aromatic carbocycles. The lowest BCUT2D eigenvalue weighted by atomic mass is 10.2. The standard InChI is InChI=1S/C18H14IN3O2/c19-12-2-5-14(6-3-12)22-17(23)10-16(18(22)24)21-13-4-1-11-7-8-20-15(11)9-13/h1-9,16,20-21H,10H2/t16-/m1/s1. The van der Waals surface area contributed by atoms with Crippen LogP contribution < -0.4 is 10.2 Å². The molecule has 0 saturated carbocycles. The maximum Gasteiger partial charge on any atom is 0.256 e. The molecule has 120 valence electrons. The molecule has 0 unspecified atom stereocenters. The lowest BCUT2D eigenvalue weighted by Crippen LogP contribution is -2.34. The second-order valence-corrected chi connectivity index (χ2v) is 6.97. The second-order valence-electron chi connectivity index (χ2n) is 5.72. The van der Waals surface area contributed by atoms with Gasteiger partial charge in [0.2, 0.25) is 5.91 Å². The Morgan fingerprint density at radius 2 is 1.88 bits per heavy atom. The van der Waals surface area contributed by atoms with Crippen LogP contribution in [0.1, 0.15) is 6.42 Å². The van der Waals surface area contributed by atoms with Crippen LogP contribution >= 0.6 is 22.6 Å². The maximum absolute atomic E-state index is 12.7. The Hall–Kier alpha value is -2.35. The van der Waals surface area contributed by atoms with Crippen LogP contribution in [-0.4, -0.2) is 22.8 Å². The van der Waals surface area contributed by atoms with Gasteiger partial charge in [-0.2, -0.15) is 0 Å². The molecule has 2 amide bonds. The number of H-pyrrole nitrogens is 1. The first-order valence-corrected chi connectivity index (χ1v) is 8.66. The molecule has 2 N–H and O–H groups in total. The molecule has 3 aromatic rings. The molecule has 5 nitrogen and oxygen atoms in total. The number of carbonyl (C=O) groups is 2. The van der Waals surface area contributed by atoms with Crippen molar-refractivity contribution in [2.45, 2.75) is 12.5 Å².